The van der Waals surface area contributed by atoms with Gasteiger partial charge in [-0.15, -0.1) is 0 Å². The third-order valence-electron chi connectivity index (χ3n) is 4.22. The molecule has 1 aromatic carbocycles. The van der Waals surface area contributed by atoms with Crippen LogP contribution in [0.25, 0.3) is 0 Å². The van der Waals surface area contributed by atoms with E-state index in [1.54, 1.807) is 0 Å². The largest absolute Gasteiger partial charge is 0.493 e. The Hall–Kier alpha value is -1.31. The van der Waals surface area contributed by atoms with Crippen LogP contribution < -0.4 is 4.74 Å². The van der Waals surface area contributed by atoms with Crippen LogP contribution in [0.15, 0.2) is 18.2 Å². The maximum Gasteiger partial charge on any atom is 0.135 e. The van der Waals surface area contributed by atoms with Gasteiger partial charge >= 0.3 is 0 Å². The number of aryl methyl sites for hydroxylation is 1. The molecule has 2 heteroatoms. The van der Waals surface area contributed by atoms with Crippen molar-refractivity contribution in [3.8, 4) is 5.75 Å². The summed E-state index contributed by atoms with van der Waals surface area (Å²) in [6.45, 7) is 0.819. The summed E-state index contributed by atoms with van der Waals surface area (Å²) in [6, 6.07) is 6.49. The Bertz CT molecular complexity index is 450. The molecule has 1 aromatic rings. The molecule has 0 saturated heterocycles. The lowest BCUT2D eigenvalue weighted by Crippen LogP contribution is -2.19. The van der Waals surface area contributed by atoms with Crippen molar-refractivity contribution in [2.24, 2.45) is 5.92 Å². The van der Waals surface area contributed by atoms with Crippen molar-refractivity contribution in [2.75, 3.05) is 6.61 Å². The van der Waals surface area contributed by atoms with Crippen molar-refractivity contribution >= 4 is 5.78 Å². The summed E-state index contributed by atoms with van der Waals surface area (Å²) in [4.78, 5) is 11.8. The normalized spacial score (nSPS) is 22.7. The second-order valence-electron chi connectivity index (χ2n) is 5.49. The molecule has 1 aliphatic heterocycles. The zero-order chi connectivity index (χ0) is 12.4. The Labute approximate surface area is 108 Å². The third kappa shape index (κ3) is 2.43. The van der Waals surface area contributed by atoms with Gasteiger partial charge < -0.3 is 4.74 Å². The summed E-state index contributed by atoms with van der Waals surface area (Å²) >= 11 is 0. The number of rotatable bonds is 3. The first-order valence-electron chi connectivity index (χ1n) is 7.10. The van der Waals surface area contributed by atoms with Gasteiger partial charge in [-0.3, -0.25) is 4.79 Å². The number of Topliss-reactive ketones (excluding diaryl/α,β-unsaturated/α-hetero) is 1. The monoisotopic (exact) mass is 244 g/mol. The Morgan fingerprint density at radius 1 is 1.22 bits per heavy atom. The number of benzene rings is 1. The average molecular weight is 244 g/mol. The van der Waals surface area contributed by atoms with Crippen molar-refractivity contribution in [3.63, 3.8) is 0 Å². The maximum atomic E-state index is 11.8. The number of carbonyl (C=O) groups is 1. The molecule has 0 bridgehead atoms. The van der Waals surface area contributed by atoms with Gasteiger partial charge in [0.05, 0.1) is 6.61 Å². The van der Waals surface area contributed by atoms with E-state index in [-0.39, 0.29) is 0 Å². The van der Waals surface area contributed by atoms with E-state index in [9.17, 15) is 4.79 Å². The summed E-state index contributed by atoms with van der Waals surface area (Å²) in [6.07, 6.45) is 7.34. The molecule has 2 nitrogen and oxygen atoms in total. The first kappa shape index (κ1) is 11.8. The van der Waals surface area contributed by atoms with Gasteiger partial charge in [0.15, 0.2) is 0 Å². The van der Waals surface area contributed by atoms with E-state index < -0.39 is 0 Å². The van der Waals surface area contributed by atoms with Gasteiger partial charge in [0.25, 0.3) is 0 Å². The predicted octanol–water partition coefficient (Wildman–Crippen LogP) is 3.31. The van der Waals surface area contributed by atoms with E-state index in [2.05, 4.69) is 18.2 Å². The minimum atomic E-state index is 0.322. The number of hydrogen-bond acceptors (Lipinski definition) is 2. The van der Waals surface area contributed by atoms with Crippen LogP contribution in [0.2, 0.25) is 0 Å². The van der Waals surface area contributed by atoms with Crippen LogP contribution in [0.1, 0.15) is 43.2 Å². The molecule has 0 N–H and O–H groups in total. The second kappa shape index (κ2) is 5.13. The maximum absolute atomic E-state index is 11.8. The summed E-state index contributed by atoms with van der Waals surface area (Å²) in [7, 11) is 0. The standard InChI is InChI=1S/C16H20O2/c17-15-4-2-1-3-13(15)7-5-12-6-8-16-14(11-12)9-10-18-16/h6,8,11,13H,1-5,7,9-10H2. The molecule has 3 rings (SSSR count). The fourth-order valence-electron chi connectivity index (χ4n) is 3.10. The molecule has 0 aromatic heterocycles. The molecule has 18 heavy (non-hydrogen) atoms. The van der Waals surface area contributed by atoms with Crippen molar-refractivity contribution < 1.29 is 9.53 Å². The van der Waals surface area contributed by atoms with Crippen LogP contribution in [-0.2, 0) is 17.6 Å². The molecule has 1 atom stereocenters. The van der Waals surface area contributed by atoms with Gasteiger partial charge in [0.2, 0.25) is 0 Å². The van der Waals surface area contributed by atoms with Crippen LogP contribution in [0.5, 0.6) is 5.75 Å². The summed E-state index contributed by atoms with van der Waals surface area (Å²) in [5.74, 6) is 1.86. The molecule has 1 unspecified atom stereocenters. The van der Waals surface area contributed by atoms with Crippen LogP contribution in [0, 0.1) is 5.92 Å². The van der Waals surface area contributed by atoms with Gasteiger partial charge in [-0.25, -0.2) is 0 Å². The van der Waals surface area contributed by atoms with Crippen LogP contribution in [-0.4, -0.2) is 12.4 Å². The first-order valence-corrected chi connectivity index (χ1v) is 7.10. The molecule has 96 valence electrons. The summed E-state index contributed by atoms with van der Waals surface area (Å²) < 4.78 is 5.51. The number of hydrogen-bond donors (Lipinski definition) is 0. The zero-order valence-corrected chi connectivity index (χ0v) is 10.8. The topological polar surface area (TPSA) is 26.3 Å². The average Bonchev–Trinajstić information content (AvgIpc) is 2.85. The van der Waals surface area contributed by atoms with E-state index in [1.807, 2.05) is 0 Å². The lowest BCUT2D eigenvalue weighted by Gasteiger charge is -2.20. The molecule has 0 radical (unpaired) electrons. The van der Waals surface area contributed by atoms with Gasteiger partial charge in [0, 0.05) is 18.8 Å². The highest BCUT2D eigenvalue weighted by Crippen LogP contribution is 2.28. The molecule has 1 heterocycles. The lowest BCUT2D eigenvalue weighted by atomic mass is 9.84. The Balaban J connectivity index is 1.61. The van der Waals surface area contributed by atoms with Gasteiger partial charge in [-0.1, -0.05) is 18.6 Å². The van der Waals surface area contributed by atoms with Gasteiger partial charge in [0.1, 0.15) is 11.5 Å². The van der Waals surface area contributed by atoms with Crippen LogP contribution in [0.4, 0.5) is 0 Å². The summed E-state index contributed by atoms with van der Waals surface area (Å²) in [5.41, 5.74) is 2.69. The molecular formula is C16H20O2. The zero-order valence-electron chi connectivity index (χ0n) is 10.8. The third-order valence-corrected chi connectivity index (χ3v) is 4.22. The van der Waals surface area contributed by atoms with E-state index in [4.69, 9.17) is 4.74 Å². The highest BCUT2D eigenvalue weighted by molar-refractivity contribution is 5.81. The van der Waals surface area contributed by atoms with E-state index in [1.165, 1.54) is 17.5 Å². The van der Waals surface area contributed by atoms with Crippen LogP contribution in [0.3, 0.4) is 0 Å². The number of carbonyl (C=O) groups excluding carboxylic acids is 1. The molecule has 0 spiro atoms. The number of ether oxygens (including phenoxy) is 1. The SMILES string of the molecule is O=C1CCCCC1CCc1ccc2c(c1)CCO2. The highest BCUT2D eigenvalue weighted by atomic mass is 16.5. The minimum absolute atomic E-state index is 0.322. The fraction of sp³-hybridized carbons (Fsp3) is 0.562. The quantitative estimate of drug-likeness (QED) is 0.815. The molecule has 1 fully saturated rings. The molecule has 1 aliphatic carbocycles. The molecule has 2 aliphatic rings. The minimum Gasteiger partial charge on any atom is -0.493 e. The number of ketones is 1. The Morgan fingerprint density at radius 3 is 3.06 bits per heavy atom. The van der Waals surface area contributed by atoms with Gasteiger partial charge in [-0.05, 0) is 42.9 Å². The molecular weight excluding hydrogens is 224 g/mol. The molecule has 0 amide bonds. The van der Waals surface area contributed by atoms with Gasteiger partial charge in [-0.2, -0.15) is 0 Å². The van der Waals surface area contributed by atoms with E-state index >= 15 is 0 Å². The second-order valence-corrected chi connectivity index (χ2v) is 5.49. The van der Waals surface area contributed by atoms with Crippen molar-refractivity contribution in [2.45, 2.75) is 44.9 Å². The molecule has 1 saturated carbocycles. The predicted molar refractivity (Wildman–Crippen MR) is 70.9 cm³/mol. The van der Waals surface area contributed by atoms with E-state index in [0.29, 0.717) is 11.7 Å². The van der Waals surface area contributed by atoms with Crippen molar-refractivity contribution in [1.82, 2.24) is 0 Å². The smallest absolute Gasteiger partial charge is 0.135 e. The highest BCUT2D eigenvalue weighted by Gasteiger charge is 2.21. The number of fused-ring (bicyclic) bond motifs is 1. The van der Waals surface area contributed by atoms with Crippen LogP contribution >= 0.6 is 0 Å². The Kier molecular flexibility index (Phi) is 3.35. The fourth-order valence-corrected chi connectivity index (χ4v) is 3.10. The summed E-state index contributed by atoms with van der Waals surface area (Å²) in [5, 5.41) is 0. The van der Waals surface area contributed by atoms with E-state index in [0.717, 1.165) is 50.9 Å². The lowest BCUT2D eigenvalue weighted by molar-refractivity contribution is -0.124. The van der Waals surface area contributed by atoms with Crippen molar-refractivity contribution in [3.05, 3.63) is 29.3 Å². The van der Waals surface area contributed by atoms with Crippen molar-refractivity contribution in [1.29, 1.82) is 0 Å². The first-order chi connectivity index (χ1) is 8.83. The Morgan fingerprint density at radius 2 is 2.17 bits per heavy atom.